The molecule has 2 unspecified atom stereocenters. The van der Waals surface area contributed by atoms with Gasteiger partial charge >= 0.3 is 0 Å². The maximum Gasteiger partial charge on any atom is 0.269 e. The Hall–Kier alpha value is -1.96. The molecular formula is C20H23N3O3S-2. The van der Waals surface area contributed by atoms with E-state index in [4.69, 9.17) is 0 Å². The normalized spacial score (nSPS) is 28.5. The third-order valence-electron chi connectivity index (χ3n) is 5.57. The van der Waals surface area contributed by atoms with Crippen LogP contribution in [0.15, 0.2) is 45.1 Å². The number of hydrogen-bond acceptors (Lipinski definition) is 5. The predicted molar refractivity (Wildman–Crippen MR) is 103 cm³/mol. The van der Waals surface area contributed by atoms with Crippen LogP contribution in [0.4, 0.5) is 5.69 Å². The van der Waals surface area contributed by atoms with Gasteiger partial charge in [0.2, 0.25) is 0 Å². The summed E-state index contributed by atoms with van der Waals surface area (Å²) in [5, 5.41) is 29.7. The van der Waals surface area contributed by atoms with Crippen molar-refractivity contribution in [2.24, 2.45) is 13.0 Å². The molecule has 6 nitrogen and oxygen atoms in total. The molecule has 1 aromatic carbocycles. The highest BCUT2D eigenvalue weighted by atomic mass is 32.2. The van der Waals surface area contributed by atoms with E-state index in [9.17, 15) is 15.0 Å². The second kappa shape index (κ2) is 6.89. The number of nitrogens with zero attached hydrogens (tertiary/aromatic N) is 2. The third kappa shape index (κ3) is 2.85. The molecule has 1 aliphatic heterocycles. The van der Waals surface area contributed by atoms with Crippen LogP contribution in [-0.2, 0) is 13.5 Å². The number of para-hydroxylation sites is 1. The van der Waals surface area contributed by atoms with Crippen LogP contribution < -0.4 is 20.7 Å². The van der Waals surface area contributed by atoms with E-state index in [0.717, 1.165) is 27.7 Å². The molecule has 4 rings (SSSR count). The van der Waals surface area contributed by atoms with Gasteiger partial charge in [-0.3, -0.25) is 14.6 Å². The van der Waals surface area contributed by atoms with E-state index in [2.05, 4.69) is 5.10 Å². The minimum atomic E-state index is -1.09. The number of H-pyrrole nitrogens is 1. The number of benzene rings is 1. The summed E-state index contributed by atoms with van der Waals surface area (Å²) in [6, 6.07) is 8.01. The molecule has 0 bridgehead atoms. The lowest BCUT2D eigenvalue weighted by Crippen LogP contribution is -2.65. The monoisotopic (exact) mass is 385 g/mol. The number of aryl methyl sites for hydroxylation is 2. The molecule has 1 aromatic heterocycles. The molecule has 2 aromatic rings. The lowest BCUT2D eigenvalue weighted by Gasteiger charge is -2.60. The molecule has 7 heteroatoms. The van der Waals surface area contributed by atoms with Crippen LogP contribution in [0.2, 0.25) is 0 Å². The van der Waals surface area contributed by atoms with Crippen LogP contribution in [-0.4, -0.2) is 29.0 Å². The highest BCUT2D eigenvalue weighted by molar-refractivity contribution is 8.03. The standard InChI is InChI=1S/C20H23N3O3S/c1-4-7-12-16(20(26)23(3)21-12)17-18(24)11(19(17)25)10-15-22(2)13-8-5-6-9-14(13)27-15/h5-6,8-11,17-19,21H,4,7H2,1-3H3/q-2. The number of hydrogen-bond donors (Lipinski definition) is 1. The summed E-state index contributed by atoms with van der Waals surface area (Å²) in [5.74, 6) is -1.37. The van der Waals surface area contributed by atoms with E-state index in [0.29, 0.717) is 12.0 Å². The summed E-state index contributed by atoms with van der Waals surface area (Å²) < 4.78 is 1.38. The summed E-state index contributed by atoms with van der Waals surface area (Å²) >= 11 is 1.58. The molecule has 144 valence electrons. The van der Waals surface area contributed by atoms with Gasteiger partial charge in [-0.1, -0.05) is 43.3 Å². The van der Waals surface area contributed by atoms with Gasteiger partial charge in [0.15, 0.2) is 0 Å². The SMILES string of the molecule is CCCc1[nH]n(C)c(=O)c1C1C([O-])C(C=C2Sc3ccccc3N2C)C1[O-]. The average Bonchev–Trinajstić information content (AvgIpc) is 3.12. The van der Waals surface area contributed by atoms with Crippen LogP contribution in [0.1, 0.15) is 30.5 Å². The fourth-order valence-corrected chi connectivity index (χ4v) is 5.21. The quantitative estimate of drug-likeness (QED) is 0.846. The maximum absolute atomic E-state index is 12.9. The van der Waals surface area contributed by atoms with E-state index in [1.165, 1.54) is 4.68 Å². The molecule has 27 heavy (non-hydrogen) atoms. The van der Waals surface area contributed by atoms with Gasteiger partial charge < -0.3 is 15.1 Å². The van der Waals surface area contributed by atoms with Crippen LogP contribution in [0.25, 0.3) is 0 Å². The molecule has 0 radical (unpaired) electrons. The second-order valence-corrected chi connectivity index (χ2v) is 8.35. The zero-order valence-electron chi connectivity index (χ0n) is 15.6. The molecule has 0 saturated heterocycles. The van der Waals surface area contributed by atoms with Gasteiger partial charge in [0.25, 0.3) is 5.56 Å². The van der Waals surface area contributed by atoms with Gasteiger partial charge in [0.05, 0.1) is 10.7 Å². The minimum absolute atomic E-state index is 0.240. The molecular weight excluding hydrogens is 362 g/mol. The Labute approximate surface area is 162 Å². The molecule has 0 amide bonds. The lowest BCUT2D eigenvalue weighted by atomic mass is 9.65. The minimum Gasteiger partial charge on any atom is -0.851 e. The van der Waals surface area contributed by atoms with E-state index in [1.54, 1.807) is 18.8 Å². The van der Waals surface area contributed by atoms with Crippen LogP contribution in [0.3, 0.4) is 0 Å². The lowest BCUT2D eigenvalue weighted by molar-refractivity contribution is -0.543. The van der Waals surface area contributed by atoms with Crippen molar-refractivity contribution < 1.29 is 10.2 Å². The first kappa shape index (κ1) is 18.4. The van der Waals surface area contributed by atoms with Crippen molar-refractivity contribution in [3.63, 3.8) is 0 Å². The smallest absolute Gasteiger partial charge is 0.269 e. The molecule has 1 saturated carbocycles. The van der Waals surface area contributed by atoms with Gasteiger partial charge in [-0.15, -0.1) is 12.2 Å². The highest BCUT2D eigenvalue weighted by Gasteiger charge is 2.40. The Kier molecular flexibility index (Phi) is 4.70. The summed E-state index contributed by atoms with van der Waals surface area (Å²) in [7, 11) is 3.58. The Bertz CT molecular complexity index is 938. The van der Waals surface area contributed by atoms with Crippen molar-refractivity contribution in [2.75, 3.05) is 11.9 Å². The fraction of sp³-hybridized carbons (Fsp3) is 0.450. The van der Waals surface area contributed by atoms with E-state index in [1.807, 2.05) is 49.2 Å². The topological polar surface area (TPSA) is 87.1 Å². The van der Waals surface area contributed by atoms with Gasteiger partial charge in [-0.05, 0) is 30.4 Å². The summed E-state index contributed by atoms with van der Waals surface area (Å²) in [6.45, 7) is 2.01. The number of anilines is 1. The van der Waals surface area contributed by atoms with Crippen molar-refractivity contribution in [3.8, 4) is 0 Å². The maximum atomic E-state index is 12.9. The number of fused-ring (bicyclic) bond motifs is 1. The molecule has 0 spiro atoms. The number of nitrogens with one attached hydrogen (secondary N) is 1. The van der Waals surface area contributed by atoms with Gasteiger partial charge in [0, 0.05) is 30.2 Å². The molecule has 2 aliphatic rings. The zero-order valence-corrected chi connectivity index (χ0v) is 16.5. The van der Waals surface area contributed by atoms with Gasteiger partial charge in [0.1, 0.15) is 0 Å². The first-order chi connectivity index (χ1) is 12.9. The predicted octanol–water partition coefficient (Wildman–Crippen LogP) is 0.921. The van der Waals surface area contributed by atoms with Crippen LogP contribution in [0, 0.1) is 5.92 Å². The summed E-state index contributed by atoms with van der Waals surface area (Å²) in [5.41, 5.74) is 1.99. The van der Waals surface area contributed by atoms with Crippen molar-refractivity contribution in [1.82, 2.24) is 9.78 Å². The van der Waals surface area contributed by atoms with Crippen LogP contribution >= 0.6 is 11.8 Å². The highest BCUT2D eigenvalue weighted by Crippen LogP contribution is 2.48. The molecule has 2 heterocycles. The fourth-order valence-electron chi connectivity index (χ4n) is 4.06. The number of aromatic amines is 1. The van der Waals surface area contributed by atoms with E-state index >= 15 is 0 Å². The van der Waals surface area contributed by atoms with Crippen molar-refractivity contribution in [1.29, 1.82) is 0 Å². The first-order valence-electron chi connectivity index (χ1n) is 9.25. The average molecular weight is 385 g/mol. The number of rotatable bonds is 4. The Morgan fingerprint density at radius 2 is 1.93 bits per heavy atom. The summed E-state index contributed by atoms with van der Waals surface area (Å²) in [4.78, 5) is 15.6. The van der Waals surface area contributed by atoms with Gasteiger partial charge in [-0.2, -0.15) is 0 Å². The first-order valence-corrected chi connectivity index (χ1v) is 10.1. The second-order valence-electron chi connectivity index (χ2n) is 7.28. The Morgan fingerprint density at radius 3 is 2.59 bits per heavy atom. The van der Waals surface area contributed by atoms with Crippen molar-refractivity contribution in [2.45, 2.75) is 42.8 Å². The molecule has 1 fully saturated rings. The third-order valence-corrected chi connectivity index (χ3v) is 6.75. The van der Waals surface area contributed by atoms with E-state index < -0.39 is 24.0 Å². The van der Waals surface area contributed by atoms with Crippen molar-refractivity contribution >= 4 is 17.4 Å². The van der Waals surface area contributed by atoms with E-state index in [-0.39, 0.29) is 5.56 Å². The molecule has 1 N–H and O–H groups in total. The molecule has 1 aliphatic carbocycles. The Balaban J connectivity index is 1.59. The Morgan fingerprint density at radius 1 is 1.22 bits per heavy atom. The van der Waals surface area contributed by atoms with Crippen molar-refractivity contribution in [3.05, 3.63) is 57.0 Å². The molecule has 2 atom stereocenters. The number of aromatic nitrogens is 2. The summed E-state index contributed by atoms with van der Waals surface area (Å²) in [6.07, 6.45) is 1.15. The van der Waals surface area contributed by atoms with Gasteiger partial charge in [-0.25, -0.2) is 0 Å². The zero-order chi connectivity index (χ0) is 19.3. The van der Waals surface area contributed by atoms with Crippen LogP contribution in [0.5, 0.6) is 0 Å². The largest absolute Gasteiger partial charge is 0.851 e. The number of thioether (sulfide) groups is 1.